The van der Waals surface area contributed by atoms with Crippen molar-refractivity contribution in [1.82, 2.24) is 0 Å². The summed E-state index contributed by atoms with van der Waals surface area (Å²) in [7, 11) is -4.58. The van der Waals surface area contributed by atoms with Crippen molar-refractivity contribution in [1.29, 1.82) is 0 Å². The van der Waals surface area contributed by atoms with Crippen molar-refractivity contribution in [3.63, 3.8) is 0 Å². The summed E-state index contributed by atoms with van der Waals surface area (Å²) in [6.07, 6.45) is 0. The van der Waals surface area contributed by atoms with Crippen LogP contribution in [0.2, 0.25) is 30.2 Å². The van der Waals surface area contributed by atoms with Crippen LogP contribution in [-0.4, -0.2) is 16.5 Å². The third-order valence-corrected chi connectivity index (χ3v) is 20.7. The zero-order valence-corrected chi connectivity index (χ0v) is 28.3. The molecule has 0 aromatic heterocycles. The molecule has 0 fully saturated rings. The van der Waals surface area contributed by atoms with Gasteiger partial charge in [0.05, 0.1) is 16.5 Å². The van der Waals surface area contributed by atoms with E-state index in [0.29, 0.717) is 0 Å². The molecule has 0 amide bonds. The fraction of sp³-hybridized carbons (Fsp3) is 1.00. The van der Waals surface area contributed by atoms with E-state index in [4.69, 9.17) is 15.1 Å². The Morgan fingerprint density at radius 1 is 0.433 bits per heavy atom. The first kappa shape index (κ1) is 33.0. The summed E-state index contributed by atoms with van der Waals surface area (Å²) in [6, 6.07) is 0. The number of hydrogen-bond donors (Lipinski definition) is 0. The predicted molar refractivity (Wildman–Crippen MR) is 138 cm³/mol. The Labute approximate surface area is 214 Å². The first-order valence-electron chi connectivity index (χ1n) is 11.3. The van der Waals surface area contributed by atoms with Gasteiger partial charge < -0.3 is 9.87 Å². The fourth-order valence-electron chi connectivity index (χ4n) is 7.81. The van der Waals surface area contributed by atoms with E-state index in [0.717, 1.165) is 0 Å². The number of hydrogen-bond acceptors (Lipinski definition) is 2. The van der Waals surface area contributed by atoms with Crippen molar-refractivity contribution in [3.05, 3.63) is 5.09 Å². The maximum absolute atomic E-state index is 5.33. The molecular weight excluding hydrogens is 409 g/mol. The maximum Gasteiger partial charge on any atom is 1.00 e. The molecule has 0 radical (unpaired) electrons. The van der Waals surface area contributed by atoms with Crippen molar-refractivity contribution in [3.8, 4) is 0 Å². The standard InChI is InChI=1S/C24H54N3Si2.Na/c1-19(2,3)28(20(4,5)6,21(7,8)9)26-25-27-29(22(10,11)12,23(13,14)15)24(16,17)18;/h1-18H3;/q-1;+1. The monoisotopic (exact) mass is 463 g/mol. The van der Waals surface area contributed by atoms with Gasteiger partial charge in [0.2, 0.25) is 0 Å². The summed E-state index contributed by atoms with van der Waals surface area (Å²) < 4.78 is 5.33. The zero-order chi connectivity index (χ0) is 24.1. The molecule has 0 aromatic rings. The molecule has 174 valence electrons. The second-order valence-electron chi connectivity index (χ2n) is 15.2. The Bertz CT molecular complexity index is 515. The van der Waals surface area contributed by atoms with E-state index in [-0.39, 0.29) is 59.8 Å². The van der Waals surface area contributed by atoms with Gasteiger partial charge in [0, 0.05) is 0 Å². The van der Waals surface area contributed by atoms with Gasteiger partial charge in [-0.2, -0.15) is 0 Å². The van der Waals surface area contributed by atoms with E-state index in [2.05, 4.69) is 125 Å². The van der Waals surface area contributed by atoms with Gasteiger partial charge in [0.1, 0.15) is 0 Å². The van der Waals surface area contributed by atoms with Crippen molar-refractivity contribution in [2.75, 3.05) is 0 Å². The minimum atomic E-state index is -2.29. The van der Waals surface area contributed by atoms with Crippen LogP contribution in [0.25, 0.3) is 5.09 Å². The van der Waals surface area contributed by atoms with Gasteiger partial charge in [-0.25, -0.2) is 0 Å². The second kappa shape index (κ2) is 9.23. The molecule has 0 bridgehead atoms. The van der Waals surface area contributed by atoms with E-state index < -0.39 is 16.5 Å². The molecule has 0 atom stereocenters. The smallest absolute Gasteiger partial charge is 0.392 e. The van der Waals surface area contributed by atoms with Crippen LogP contribution in [0.3, 0.4) is 0 Å². The van der Waals surface area contributed by atoms with Crippen LogP contribution < -0.4 is 29.6 Å². The summed E-state index contributed by atoms with van der Waals surface area (Å²) in [5.74, 6) is 0. The molecule has 0 aliphatic heterocycles. The van der Waals surface area contributed by atoms with Crippen molar-refractivity contribution in [2.24, 2.45) is 10.0 Å². The molecule has 30 heavy (non-hydrogen) atoms. The summed E-state index contributed by atoms with van der Waals surface area (Å²) in [5, 5.41) is 10.7. The Kier molecular flexibility index (Phi) is 10.2. The van der Waals surface area contributed by atoms with E-state index in [1.54, 1.807) is 0 Å². The zero-order valence-electron chi connectivity index (χ0n) is 24.3. The van der Waals surface area contributed by atoms with Gasteiger partial charge >= 0.3 is 29.6 Å². The van der Waals surface area contributed by atoms with Crippen molar-refractivity contribution >= 4 is 16.5 Å². The summed E-state index contributed by atoms with van der Waals surface area (Å²) in [4.78, 5) is 0. The average Bonchev–Trinajstić information content (AvgIpc) is 2.27. The topological polar surface area (TPSA) is 38.8 Å². The van der Waals surface area contributed by atoms with Crippen molar-refractivity contribution in [2.45, 2.75) is 155 Å². The quantitative estimate of drug-likeness (QED) is 0.237. The van der Waals surface area contributed by atoms with Gasteiger partial charge in [-0.3, -0.25) is 5.22 Å². The third kappa shape index (κ3) is 5.66. The van der Waals surface area contributed by atoms with Crippen LogP contribution in [0, 0.1) is 0 Å². The first-order valence-corrected chi connectivity index (χ1v) is 15.2. The predicted octanol–water partition coefficient (Wildman–Crippen LogP) is 7.42. The molecule has 0 saturated carbocycles. The Morgan fingerprint density at radius 3 is 0.833 bits per heavy atom. The molecule has 0 saturated heterocycles. The summed E-state index contributed by atoms with van der Waals surface area (Å²) in [6.45, 7) is 42.4. The summed E-state index contributed by atoms with van der Waals surface area (Å²) >= 11 is 0. The number of nitrogens with zero attached hydrogens (tertiary/aromatic N) is 3. The largest absolute Gasteiger partial charge is 1.00 e. The molecule has 0 aliphatic carbocycles. The molecule has 3 nitrogen and oxygen atoms in total. The molecule has 0 rings (SSSR count). The van der Waals surface area contributed by atoms with Crippen LogP contribution >= 0.6 is 0 Å². The third-order valence-electron chi connectivity index (χ3n) is 6.90. The normalized spacial score (nSPS) is 15.9. The van der Waals surface area contributed by atoms with Crippen molar-refractivity contribution < 1.29 is 29.6 Å². The van der Waals surface area contributed by atoms with Crippen LogP contribution in [0.15, 0.2) is 10.0 Å². The first-order chi connectivity index (χ1) is 12.2. The van der Waals surface area contributed by atoms with Gasteiger partial charge in [0.25, 0.3) is 0 Å². The number of rotatable bonds is 3. The Hall–Kier alpha value is 0.834. The summed E-state index contributed by atoms with van der Waals surface area (Å²) in [5.41, 5.74) is 0. The van der Waals surface area contributed by atoms with E-state index >= 15 is 0 Å². The minimum Gasteiger partial charge on any atom is -0.392 e. The SMILES string of the molecule is CC(C)(C)[Si](/N=N/[N-][Si](C(C)(C)C)(C(C)(C)C)C(C)(C)C)(C(C)(C)C)C(C)(C)C.[Na+]. The molecule has 0 N–H and O–H groups in total. The van der Waals surface area contributed by atoms with Gasteiger partial charge in [-0.05, 0) is 30.2 Å². The van der Waals surface area contributed by atoms with E-state index in [1.807, 2.05) is 0 Å². The van der Waals surface area contributed by atoms with Gasteiger partial charge in [-0.1, -0.05) is 125 Å². The molecule has 0 aromatic carbocycles. The van der Waals surface area contributed by atoms with Crippen LogP contribution in [0.4, 0.5) is 0 Å². The molecule has 6 heteroatoms. The average molecular weight is 464 g/mol. The Balaban J connectivity index is 0. The van der Waals surface area contributed by atoms with E-state index in [1.165, 1.54) is 0 Å². The van der Waals surface area contributed by atoms with Crippen LogP contribution in [0.1, 0.15) is 125 Å². The Morgan fingerprint density at radius 2 is 0.667 bits per heavy atom. The van der Waals surface area contributed by atoms with Gasteiger partial charge in [0.15, 0.2) is 0 Å². The second-order valence-corrected chi connectivity index (χ2v) is 27.5. The van der Waals surface area contributed by atoms with Crippen LogP contribution in [-0.2, 0) is 0 Å². The maximum atomic E-state index is 5.33. The minimum absolute atomic E-state index is 0. The molecular formula is C24H54N3NaSi2. The molecule has 0 aliphatic rings. The van der Waals surface area contributed by atoms with Crippen LogP contribution in [0.5, 0.6) is 0 Å². The molecule has 0 spiro atoms. The molecule has 0 unspecified atom stereocenters. The molecule has 0 heterocycles. The van der Waals surface area contributed by atoms with E-state index in [9.17, 15) is 0 Å². The fourth-order valence-corrected chi connectivity index (χ4v) is 23.6. The van der Waals surface area contributed by atoms with Gasteiger partial charge in [-0.15, -0.1) is 0 Å².